The van der Waals surface area contributed by atoms with Crippen LogP contribution in [0.25, 0.3) is 0 Å². The highest BCUT2D eigenvalue weighted by molar-refractivity contribution is 5.82. The van der Waals surface area contributed by atoms with Crippen molar-refractivity contribution in [2.24, 2.45) is 0 Å². The van der Waals surface area contributed by atoms with Gasteiger partial charge in [0.2, 0.25) is 0 Å². The second-order valence-corrected chi connectivity index (χ2v) is 4.47. The lowest BCUT2D eigenvalue weighted by molar-refractivity contribution is -0.124. The van der Waals surface area contributed by atoms with Crippen molar-refractivity contribution in [3.8, 4) is 17.2 Å². The van der Waals surface area contributed by atoms with Crippen LogP contribution < -0.4 is 9.47 Å². The van der Waals surface area contributed by atoms with Gasteiger partial charge < -0.3 is 9.47 Å². The first kappa shape index (κ1) is 14.1. The maximum Gasteiger partial charge on any atom is 0.172 e. The molecule has 3 heteroatoms. The zero-order valence-electron chi connectivity index (χ0n) is 11.7. The number of ketones is 1. The van der Waals surface area contributed by atoms with Crippen LogP contribution in [-0.4, -0.2) is 11.9 Å². The Balaban J connectivity index is 2.06. The highest BCUT2D eigenvalue weighted by Gasteiger charge is 2.12. The smallest absolute Gasteiger partial charge is 0.172 e. The number of benzene rings is 2. The lowest BCUT2D eigenvalue weighted by Gasteiger charge is -2.13. The lowest BCUT2D eigenvalue weighted by Crippen LogP contribution is -2.22. The van der Waals surface area contributed by atoms with Gasteiger partial charge in [-0.3, -0.25) is 4.79 Å². The highest BCUT2D eigenvalue weighted by Crippen LogP contribution is 2.25. The van der Waals surface area contributed by atoms with Crippen molar-refractivity contribution < 1.29 is 14.3 Å². The molecule has 0 aromatic heterocycles. The minimum Gasteiger partial charge on any atom is -0.483 e. The van der Waals surface area contributed by atoms with Gasteiger partial charge >= 0.3 is 0 Å². The fraction of sp³-hybridized carbons (Fsp3) is 0.235. The largest absolute Gasteiger partial charge is 0.483 e. The molecule has 1 unspecified atom stereocenters. The molecule has 0 saturated heterocycles. The van der Waals surface area contributed by atoms with E-state index >= 15 is 0 Å². The van der Waals surface area contributed by atoms with Crippen LogP contribution in [0, 0.1) is 0 Å². The second-order valence-electron chi connectivity index (χ2n) is 4.47. The first-order chi connectivity index (χ1) is 9.69. The van der Waals surface area contributed by atoms with Crippen LogP contribution in [0.15, 0.2) is 54.6 Å². The summed E-state index contributed by atoms with van der Waals surface area (Å²) >= 11 is 0. The first-order valence-electron chi connectivity index (χ1n) is 6.71. The van der Waals surface area contributed by atoms with Crippen LogP contribution in [0.1, 0.15) is 20.3 Å². The number of para-hydroxylation sites is 1. The summed E-state index contributed by atoms with van der Waals surface area (Å²) in [5, 5.41) is 0. The number of carbonyl (C=O) groups is 1. The molecule has 0 saturated carbocycles. The van der Waals surface area contributed by atoms with Gasteiger partial charge in [-0.15, -0.1) is 0 Å². The fourth-order valence-electron chi connectivity index (χ4n) is 1.79. The molecule has 0 heterocycles. The molecule has 0 spiro atoms. The second kappa shape index (κ2) is 6.75. The van der Waals surface area contributed by atoms with E-state index in [9.17, 15) is 4.79 Å². The average molecular weight is 270 g/mol. The predicted octanol–water partition coefficient (Wildman–Crippen LogP) is 4.23. The maximum atomic E-state index is 11.5. The Bertz CT molecular complexity index is 563. The highest BCUT2D eigenvalue weighted by atomic mass is 16.5. The zero-order valence-corrected chi connectivity index (χ0v) is 11.7. The third-order valence-corrected chi connectivity index (χ3v) is 2.90. The van der Waals surface area contributed by atoms with Gasteiger partial charge in [-0.2, -0.15) is 0 Å². The molecule has 0 N–H and O–H groups in total. The Morgan fingerprint density at radius 2 is 1.65 bits per heavy atom. The lowest BCUT2D eigenvalue weighted by atomic mass is 10.2. The molecule has 2 rings (SSSR count). The van der Waals surface area contributed by atoms with E-state index in [1.165, 1.54) is 0 Å². The first-order valence-corrected chi connectivity index (χ1v) is 6.71. The van der Waals surface area contributed by atoms with E-state index in [4.69, 9.17) is 9.47 Å². The Morgan fingerprint density at radius 1 is 1.00 bits per heavy atom. The summed E-state index contributed by atoms with van der Waals surface area (Å²) in [6.07, 6.45) is 0.0356. The SMILES string of the molecule is CCC(=O)C(C)Oc1cccc(Oc2ccccc2)c1. The van der Waals surface area contributed by atoms with Crippen molar-refractivity contribution in [3.05, 3.63) is 54.6 Å². The molecule has 0 aliphatic rings. The summed E-state index contributed by atoms with van der Waals surface area (Å²) in [5.41, 5.74) is 0. The monoisotopic (exact) mass is 270 g/mol. The van der Waals surface area contributed by atoms with Gasteiger partial charge in [0.15, 0.2) is 11.9 Å². The minimum atomic E-state index is -0.438. The van der Waals surface area contributed by atoms with Gasteiger partial charge in [-0.25, -0.2) is 0 Å². The molecule has 20 heavy (non-hydrogen) atoms. The average Bonchev–Trinajstić information content (AvgIpc) is 2.47. The molecule has 2 aromatic carbocycles. The minimum absolute atomic E-state index is 0.0828. The Hall–Kier alpha value is -2.29. The summed E-state index contributed by atoms with van der Waals surface area (Å²) in [7, 11) is 0. The molecule has 0 fully saturated rings. The molecule has 0 aliphatic heterocycles. The molecule has 3 nitrogen and oxygen atoms in total. The van der Waals surface area contributed by atoms with Gasteiger partial charge in [-0.05, 0) is 31.2 Å². The Kier molecular flexibility index (Phi) is 4.77. The van der Waals surface area contributed by atoms with Crippen LogP contribution in [0.4, 0.5) is 0 Å². The number of ether oxygens (including phenoxy) is 2. The van der Waals surface area contributed by atoms with E-state index in [1.807, 2.05) is 55.5 Å². The van der Waals surface area contributed by atoms with Crippen molar-refractivity contribution in [1.29, 1.82) is 0 Å². The Morgan fingerprint density at radius 3 is 2.35 bits per heavy atom. The van der Waals surface area contributed by atoms with E-state index in [2.05, 4.69) is 0 Å². The van der Waals surface area contributed by atoms with Crippen molar-refractivity contribution in [2.75, 3.05) is 0 Å². The molecule has 1 atom stereocenters. The number of rotatable bonds is 6. The molecular formula is C17H18O3. The van der Waals surface area contributed by atoms with Crippen molar-refractivity contribution in [2.45, 2.75) is 26.4 Å². The summed E-state index contributed by atoms with van der Waals surface area (Å²) in [6.45, 7) is 3.59. The summed E-state index contributed by atoms with van der Waals surface area (Å²) in [6, 6.07) is 16.8. The van der Waals surface area contributed by atoms with E-state index in [0.717, 1.165) is 5.75 Å². The number of hydrogen-bond donors (Lipinski definition) is 0. The molecular weight excluding hydrogens is 252 g/mol. The summed E-state index contributed by atoms with van der Waals surface area (Å²) in [4.78, 5) is 11.5. The van der Waals surface area contributed by atoms with E-state index < -0.39 is 6.10 Å². The quantitative estimate of drug-likeness (QED) is 0.788. The normalized spacial score (nSPS) is 11.7. The van der Waals surface area contributed by atoms with E-state index in [1.54, 1.807) is 13.0 Å². The summed E-state index contributed by atoms with van der Waals surface area (Å²) in [5.74, 6) is 2.17. The van der Waals surface area contributed by atoms with E-state index in [0.29, 0.717) is 17.9 Å². The molecule has 0 bridgehead atoms. The number of Topliss-reactive ketones (excluding diaryl/α,β-unsaturated/α-hetero) is 1. The van der Waals surface area contributed by atoms with Crippen molar-refractivity contribution in [1.82, 2.24) is 0 Å². The van der Waals surface area contributed by atoms with Gasteiger partial charge in [0.1, 0.15) is 17.2 Å². The molecule has 0 radical (unpaired) electrons. The standard InChI is InChI=1S/C17H18O3/c1-3-17(18)13(2)19-15-10-7-11-16(12-15)20-14-8-5-4-6-9-14/h4-13H,3H2,1-2H3. The van der Waals surface area contributed by atoms with Gasteiger partial charge in [0, 0.05) is 12.5 Å². The van der Waals surface area contributed by atoms with Gasteiger partial charge in [-0.1, -0.05) is 31.2 Å². The van der Waals surface area contributed by atoms with E-state index in [-0.39, 0.29) is 5.78 Å². The summed E-state index contributed by atoms with van der Waals surface area (Å²) < 4.78 is 11.3. The van der Waals surface area contributed by atoms with Crippen LogP contribution >= 0.6 is 0 Å². The maximum absolute atomic E-state index is 11.5. The molecule has 0 amide bonds. The molecule has 0 aliphatic carbocycles. The number of hydrogen-bond acceptors (Lipinski definition) is 3. The van der Waals surface area contributed by atoms with Gasteiger partial charge in [0.25, 0.3) is 0 Å². The fourth-order valence-corrected chi connectivity index (χ4v) is 1.79. The number of carbonyl (C=O) groups excluding carboxylic acids is 1. The van der Waals surface area contributed by atoms with Crippen LogP contribution in [0.5, 0.6) is 17.2 Å². The van der Waals surface area contributed by atoms with Crippen molar-refractivity contribution in [3.63, 3.8) is 0 Å². The Labute approximate surface area is 119 Å². The predicted molar refractivity (Wildman–Crippen MR) is 78.3 cm³/mol. The zero-order chi connectivity index (χ0) is 14.4. The molecule has 2 aromatic rings. The van der Waals surface area contributed by atoms with Crippen molar-refractivity contribution >= 4 is 5.78 Å². The molecule has 104 valence electrons. The van der Waals surface area contributed by atoms with Crippen LogP contribution in [0.2, 0.25) is 0 Å². The van der Waals surface area contributed by atoms with Crippen LogP contribution in [0.3, 0.4) is 0 Å². The third kappa shape index (κ3) is 3.85. The van der Waals surface area contributed by atoms with Crippen LogP contribution in [-0.2, 0) is 4.79 Å². The van der Waals surface area contributed by atoms with Gasteiger partial charge in [0.05, 0.1) is 0 Å². The topological polar surface area (TPSA) is 35.5 Å². The third-order valence-electron chi connectivity index (χ3n) is 2.90.